The van der Waals surface area contributed by atoms with E-state index in [0.717, 1.165) is 0 Å². The minimum absolute atomic E-state index is 0.128. The van der Waals surface area contributed by atoms with Crippen LogP contribution in [0.25, 0.3) is 0 Å². The molecule has 0 spiro atoms. The summed E-state index contributed by atoms with van der Waals surface area (Å²) in [6.07, 6.45) is 0.541. The van der Waals surface area contributed by atoms with Crippen LogP contribution in [0.4, 0.5) is 14.5 Å². The second kappa shape index (κ2) is 10.5. The Bertz CT molecular complexity index is 816. The van der Waals surface area contributed by atoms with Gasteiger partial charge in [0.25, 0.3) is 5.91 Å². The summed E-state index contributed by atoms with van der Waals surface area (Å²) in [5.41, 5.74) is 0.769. The van der Waals surface area contributed by atoms with Gasteiger partial charge in [-0.25, -0.2) is 0 Å². The SMILES string of the molecule is COc1ccc(NC(=O)CCCNC(=O)c2ccc(Cl)cc2)cc1OC(F)F. The van der Waals surface area contributed by atoms with Gasteiger partial charge < -0.3 is 20.1 Å². The van der Waals surface area contributed by atoms with Gasteiger partial charge in [0.15, 0.2) is 11.5 Å². The van der Waals surface area contributed by atoms with Crippen molar-refractivity contribution in [2.24, 2.45) is 0 Å². The van der Waals surface area contributed by atoms with Crippen LogP contribution in [0.3, 0.4) is 0 Å². The van der Waals surface area contributed by atoms with Crippen molar-refractivity contribution in [3.63, 3.8) is 0 Å². The minimum atomic E-state index is -3.01. The number of hydrogen-bond donors (Lipinski definition) is 2. The van der Waals surface area contributed by atoms with Gasteiger partial charge in [0.1, 0.15) is 0 Å². The summed E-state index contributed by atoms with van der Waals surface area (Å²) >= 11 is 5.77. The largest absolute Gasteiger partial charge is 0.493 e. The molecule has 150 valence electrons. The second-order valence-electron chi connectivity index (χ2n) is 5.66. The number of amides is 2. The van der Waals surface area contributed by atoms with Crippen LogP contribution in [0.5, 0.6) is 11.5 Å². The van der Waals surface area contributed by atoms with E-state index in [4.69, 9.17) is 16.3 Å². The number of methoxy groups -OCH3 is 1. The molecule has 0 aromatic heterocycles. The van der Waals surface area contributed by atoms with Crippen molar-refractivity contribution < 1.29 is 27.8 Å². The lowest BCUT2D eigenvalue weighted by molar-refractivity contribution is -0.116. The maximum Gasteiger partial charge on any atom is 0.387 e. The highest BCUT2D eigenvalue weighted by Crippen LogP contribution is 2.31. The monoisotopic (exact) mass is 412 g/mol. The Labute approximate surface area is 165 Å². The van der Waals surface area contributed by atoms with Crippen LogP contribution in [-0.2, 0) is 4.79 Å². The van der Waals surface area contributed by atoms with E-state index in [-0.39, 0.29) is 29.7 Å². The number of halogens is 3. The molecule has 0 saturated heterocycles. The lowest BCUT2D eigenvalue weighted by Gasteiger charge is -2.12. The molecular weight excluding hydrogens is 394 g/mol. The van der Waals surface area contributed by atoms with E-state index in [1.165, 1.54) is 25.3 Å². The lowest BCUT2D eigenvalue weighted by Crippen LogP contribution is -2.25. The van der Waals surface area contributed by atoms with Crippen LogP contribution in [-0.4, -0.2) is 32.1 Å². The summed E-state index contributed by atoms with van der Waals surface area (Å²) in [7, 11) is 1.32. The first-order valence-corrected chi connectivity index (χ1v) is 8.73. The molecule has 0 aliphatic heterocycles. The van der Waals surface area contributed by atoms with Gasteiger partial charge in [0, 0.05) is 35.3 Å². The summed E-state index contributed by atoms with van der Waals surface area (Å²) in [5, 5.41) is 5.82. The van der Waals surface area contributed by atoms with Gasteiger partial charge in [-0.15, -0.1) is 0 Å². The molecule has 0 heterocycles. The Kier molecular flexibility index (Phi) is 8.01. The van der Waals surface area contributed by atoms with Crippen molar-refractivity contribution in [1.82, 2.24) is 5.32 Å². The number of hydrogen-bond acceptors (Lipinski definition) is 4. The molecule has 2 aromatic rings. The number of anilines is 1. The molecule has 28 heavy (non-hydrogen) atoms. The number of carbonyl (C=O) groups excluding carboxylic acids is 2. The Morgan fingerprint density at radius 2 is 1.82 bits per heavy atom. The normalized spacial score (nSPS) is 10.5. The van der Waals surface area contributed by atoms with Gasteiger partial charge in [0.05, 0.1) is 7.11 Å². The zero-order valence-corrected chi connectivity index (χ0v) is 15.8. The lowest BCUT2D eigenvalue weighted by atomic mass is 10.2. The van der Waals surface area contributed by atoms with E-state index in [9.17, 15) is 18.4 Å². The molecule has 0 bridgehead atoms. The van der Waals surface area contributed by atoms with Gasteiger partial charge in [-0.05, 0) is 42.8 Å². The molecule has 0 fully saturated rings. The smallest absolute Gasteiger partial charge is 0.387 e. The quantitative estimate of drug-likeness (QED) is 0.608. The van der Waals surface area contributed by atoms with Crippen LogP contribution >= 0.6 is 11.6 Å². The number of nitrogens with one attached hydrogen (secondary N) is 2. The topological polar surface area (TPSA) is 76.7 Å². The average Bonchev–Trinajstić information content (AvgIpc) is 2.65. The summed E-state index contributed by atoms with van der Waals surface area (Å²) < 4.78 is 34.2. The van der Waals surface area contributed by atoms with Crippen LogP contribution < -0.4 is 20.1 Å². The van der Waals surface area contributed by atoms with E-state index >= 15 is 0 Å². The number of ether oxygens (including phenoxy) is 2. The average molecular weight is 413 g/mol. The standard InChI is InChI=1S/C19H19ClF2N2O4/c1-27-15-9-8-14(11-16(15)28-19(21)22)24-17(25)3-2-10-23-18(26)12-4-6-13(20)7-5-12/h4-9,11,19H,2-3,10H2,1H3,(H,23,26)(H,24,25). The van der Waals surface area contributed by atoms with Crippen molar-refractivity contribution in [1.29, 1.82) is 0 Å². The van der Waals surface area contributed by atoms with Crippen LogP contribution in [0, 0.1) is 0 Å². The number of carbonyl (C=O) groups is 2. The van der Waals surface area contributed by atoms with Crippen LogP contribution in [0.1, 0.15) is 23.2 Å². The van der Waals surface area contributed by atoms with Crippen LogP contribution in [0.2, 0.25) is 5.02 Å². The van der Waals surface area contributed by atoms with E-state index in [2.05, 4.69) is 15.4 Å². The fourth-order valence-electron chi connectivity index (χ4n) is 2.32. The molecule has 9 heteroatoms. The molecule has 0 radical (unpaired) electrons. The molecule has 0 unspecified atom stereocenters. The number of rotatable bonds is 9. The Morgan fingerprint density at radius 1 is 1.11 bits per heavy atom. The Hall–Kier alpha value is -2.87. The van der Waals surface area contributed by atoms with Gasteiger partial charge in [-0.1, -0.05) is 11.6 Å². The fraction of sp³-hybridized carbons (Fsp3) is 0.263. The Morgan fingerprint density at radius 3 is 2.46 bits per heavy atom. The highest BCUT2D eigenvalue weighted by molar-refractivity contribution is 6.30. The second-order valence-corrected chi connectivity index (χ2v) is 6.10. The van der Waals surface area contributed by atoms with E-state index < -0.39 is 6.61 Å². The molecule has 2 amide bonds. The van der Waals surface area contributed by atoms with Gasteiger partial charge in [0.2, 0.25) is 5.91 Å². The molecular formula is C19H19ClF2N2O4. The predicted octanol–water partition coefficient (Wildman–Crippen LogP) is 4.10. The van der Waals surface area contributed by atoms with E-state index in [1.54, 1.807) is 24.3 Å². The zero-order valence-electron chi connectivity index (χ0n) is 15.0. The molecule has 2 aromatic carbocycles. The van der Waals surface area contributed by atoms with Crippen LogP contribution in [0.15, 0.2) is 42.5 Å². The summed E-state index contributed by atoms with van der Waals surface area (Å²) in [6, 6.07) is 10.6. The third kappa shape index (κ3) is 6.70. The Balaban J connectivity index is 1.79. The first kappa shape index (κ1) is 21.4. The van der Waals surface area contributed by atoms with Crippen molar-refractivity contribution in [2.45, 2.75) is 19.5 Å². The number of benzene rings is 2. The molecule has 0 aliphatic rings. The van der Waals surface area contributed by atoms with Crippen molar-refractivity contribution in [3.8, 4) is 11.5 Å². The van der Waals surface area contributed by atoms with Gasteiger partial charge in [-0.2, -0.15) is 8.78 Å². The molecule has 0 aliphatic carbocycles. The molecule has 6 nitrogen and oxygen atoms in total. The maximum absolute atomic E-state index is 12.4. The summed E-state index contributed by atoms with van der Waals surface area (Å²) in [5.74, 6) is -0.635. The van der Waals surface area contributed by atoms with Gasteiger partial charge in [-0.3, -0.25) is 9.59 Å². The zero-order chi connectivity index (χ0) is 20.5. The summed E-state index contributed by atoms with van der Waals surface area (Å²) in [4.78, 5) is 23.9. The third-order valence-electron chi connectivity index (χ3n) is 3.64. The number of alkyl halides is 2. The molecule has 2 N–H and O–H groups in total. The highest BCUT2D eigenvalue weighted by atomic mass is 35.5. The minimum Gasteiger partial charge on any atom is -0.493 e. The first-order chi connectivity index (χ1) is 13.4. The van der Waals surface area contributed by atoms with Crippen molar-refractivity contribution in [2.75, 3.05) is 19.0 Å². The highest BCUT2D eigenvalue weighted by Gasteiger charge is 2.12. The predicted molar refractivity (Wildman–Crippen MR) is 101 cm³/mol. The molecule has 2 rings (SSSR count). The fourth-order valence-corrected chi connectivity index (χ4v) is 2.45. The van der Waals surface area contributed by atoms with Crippen molar-refractivity contribution in [3.05, 3.63) is 53.1 Å². The third-order valence-corrected chi connectivity index (χ3v) is 3.89. The molecule has 0 atom stereocenters. The first-order valence-electron chi connectivity index (χ1n) is 8.35. The van der Waals surface area contributed by atoms with E-state index in [1.807, 2.05) is 0 Å². The summed E-state index contributed by atoms with van der Waals surface area (Å²) in [6.45, 7) is -2.71. The van der Waals surface area contributed by atoms with Gasteiger partial charge >= 0.3 is 6.61 Å². The van der Waals surface area contributed by atoms with Crippen molar-refractivity contribution >= 4 is 29.1 Å². The molecule has 0 saturated carbocycles. The van der Waals surface area contributed by atoms with E-state index in [0.29, 0.717) is 29.2 Å². The maximum atomic E-state index is 12.4.